The summed E-state index contributed by atoms with van der Waals surface area (Å²) in [6.45, 7) is 6.98. The molecule has 0 aliphatic carbocycles. The molecule has 0 spiro atoms. The van der Waals surface area contributed by atoms with Crippen molar-refractivity contribution in [1.82, 2.24) is 14.8 Å². The highest BCUT2D eigenvalue weighted by Crippen LogP contribution is 2.36. The van der Waals surface area contributed by atoms with Crippen LogP contribution in [0.2, 0.25) is 0 Å². The number of hydrogen-bond donors (Lipinski definition) is 3. The summed E-state index contributed by atoms with van der Waals surface area (Å²) in [6, 6.07) is 15.7. The highest BCUT2D eigenvalue weighted by molar-refractivity contribution is 6.06. The van der Waals surface area contributed by atoms with Gasteiger partial charge in [0.1, 0.15) is 28.6 Å². The first-order valence-electron chi connectivity index (χ1n) is 12.6. The predicted molar refractivity (Wildman–Crippen MR) is 146 cm³/mol. The number of nitrogens with zero attached hydrogens (tertiary/aromatic N) is 3. The van der Waals surface area contributed by atoms with E-state index >= 15 is 0 Å². The fourth-order valence-corrected chi connectivity index (χ4v) is 4.56. The van der Waals surface area contributed by atoms with Crippen LogP contribution in [0.1, 0.15) is 58.3 Å². The second kappa shape index (κ2) is 9.82. The average Bonchev–Trinajstić information content (AvgIpc) is 3.15. The van der Waals surface area contributed by atoms with Crippen LogP contribution in [0.15, 0.2) is 60.7 Å². The third kappa shape index (κ3) is 5.27. The Hall–Kier alpha value is -4.67. The second-order valence-electron chi connectivity index (χ2n) is 10.6. The summed E-state index contributed by atoms with van der Waals surface area (Å²) in [7, 11) is 0. The number of carbonyl (C=O) groups excluding carboxylic acids is 2. The van der Waals surface area contributed by atoms with E-state index in [1.165, 1.54) is 29.8 Å². The maximum Gasteiger partial charge on any atom is 0.433 e. The van der Waals surface area contributed by atoms with Gasteiger partial charge < -0.3 is 16.4 Å². The fourth-order valence-electron chi connectivity index (χ4n) is 4.56. The molecule has 0 radical (unpaired) electrons. The number of amides is 2. The van der Waals surface area contributed by atoms with Crippen molar-refractivity contribution in [2.45, 2.75) is 45.3 Å². The van der Waals surface area contributed by atoms with Gasteiger partial charge in [-0.15, -0.1) is 0 Å². The Balaban J connectivity index is 1.41. The summed E-state index contributed by atoms with van der Waals surface area (Å²) >= 11 is 0. The molecule has 2 aromatic heterocycles. The van der Waals surface area contributed by atoms with Gasteiger partial charge in [-0.2, -0.15) is 18.3 Å². The molecule has 5 rings (SSSR count). The maximum atomic E-state index is 12.9. The van der Waals surface area contributed by atoms with Crippen LogP contribution < -0.4 is 16.4 Å². The van der Waals surface area contributed by atoms with E-state index in [0.29, 0.717) is 30.0 Å². The third-order valence-electron chi connectivity index (χ3n) is 6.72. The number of fused-ring (bicyclic) bond motifs is 2. The molecule has 0 fully saturated rings. The minimum absolute atomic E-state index is 0.00680. The predicted octanol–water partition coefficient (Wildman–Crippen LogP) is 5.91. The number of primary amides is 1. The van der Waals surface area contributed by atoms with Gasteiger partial charge in [0.05, 0.1) is 0 Å². The standard InChI is InChI=1S/C29H27F3N6O2/c1-28(2,3)19-11-12-20-18(15-19)13-14-38-26(34-20)23(25(33)39)24(37-38)16-7-9-17(10-8-16)27(40)36-22-6-4-5-21(35-22)29(30,31)32/h4-12,15,34H,13-14H2,1-3H3,(H2,33,39)(H,35,36,40). The van der Waals surface area contributed by atoms with E-state index in [4.69, 9.17) is 5.73 Å². The highest BCUT2D eigenvalue weighted by Gasteiger charge is 2.32. The van der Waals surface area contributed by atoms with Crippen molar-refractivity contribution in [2.75, 3.05) is 10.6 Å². The first-order chi connectivity index (χ1) is 18.8. The Kier molecular flexibility index (Phi) is 6.61. The van der Waals surface area contributed by atoms with Gasteiger partial charge in [0.15, 0.2) is 0 Å². The molecule has 0 saturated heterocycles. The molecular formula is C29H27F3N6O2. The zero-order valence-electron chi connectivity index (χ0n) is 22.1. The number of halogens is 3. The number of rotatable bonds is 4. The van der Waals surface area contributed by atoms with E-state index in [0.717, 1.165) is 17.3 Å². The summed E-state index contributed by atoms with van der Waals surface area (Å²) in [6.07, 6.45) is -3.93. The molecule has 206 valence electrons. The maximum absolute atomic E-state index is 12.9. The highest BCUT2D eigenvalue weighted by atomic mass is 19.4. The van der Waals surface area contributed by atoms with Crippen molar-refractivity contribution >= 4 is 29.1 Å². The largest absolute Gasteiger partial charge is 0.433 e. The van der Waals surface area contributed by atoms with E-state index in [-0.39, 0.29) is 22.4 Å². The van der Waals surface area contributed by atoms with E-state index in [9.17, 15) is 22.8 Å². The molecule has 0 saturated carbocycles. The molecule has 2 amide bonds. The van der Waals surface area contributed by atoms with Crippen LogP contribution in [0, 0.1) is 0 Å². The number of nitrogens with one attached hydrogen (secondary N) is 2. The molecule has 3 heterocycles. The lowest BCUT2D eigenvalue weighted by Crippen LogP contribution is -2.15. The summed E-state index contributed by atoms with van der Waals surface area (Å²) < 4.78 is 40.5. The lowest BCUT2D eigenvalue weighted by Gasteiger charge is -2.21. The van der Waals surface area contributed by atoms with Crippen LogP contribution in [0.3, 0.4) is 0 Å². The first-order valence-corrected chi connectivity index (χ1v) is 12.6. The van der Waals surface area contributed by atoms with E-state index in [1.54, 1.807) is 16.8 Å². The number of hydrogen-bond acceptors (Lipinski definition) is 5. The zero-order valence-corrected chi connectivity index (χ0v) is 22.1. The Morgan fingerprint density at radius 1 is 1.02 bits per heavy atom. The number of benzene rings is 2. The third-order valence-corrected chi connectivity index (χ3v) is 6.72. The molecule has 40 heavy (non-hydrogen) atoms. The molecule has 0 atom stereocenters. The van der Waals surface area contributed by atoms with Crippen LogP contribution in [-0.2, 0) is 24.6 Å². The van der Waals surface area contributed by atoms with Crippen LogP contribution in [0.5, 0.6) is 0 Å². The lowest BCUT2D eigenvalue weighted by molar-refractivity contribution is -0.141. The Morgan fingerprint density at radius 3 is 2.40 bits per heavy atom. The molecule has 2 aromatic carbocycles. The summed E-state index contributed by atoms with van der Waals surface area (Å²) in [5.41, 5.74) is 9.18. The van der Waals surface area contributed by atoms with Gasteiger partial charge in [-0.05, 0) is 53.3 Å². The zero-order chi connectivity index (χ0) is 28.8. The lowest BCUT2D eigenvalue weighted by atomic mass is 9.85. The molecule has 0 unspecified atom stereocenters. The molecule has 1 aliphatic rings. The SMILES string of the molecule is CC(C)(C)c1ccc2c(c1)CCn1nc(-c3ccc(C(=O)Nc4cccc(C(F)(F)F)n4)cc3)c(C(N)=O)c1N2. The van der Waals surface area contributed by atoms with Gasteiger partial charge in [0, 0.05) is 23.4 Å². The topological polar surface area (TPSA) is 115 Å². The van der Waals surface area contributed by atoms with Gasteiger partial charge in [-0.1, -0.05) is 51.1 Å². The smallest absolute Gasteiger partial charge is 0.365 e. The van der Waals surface area contributed by atoms with Crippen LogP contribution in [0.25, 0.3) is 11.3 Å². The Morgan fingerprint density at radius 2 is 1.75 bits per heavy atom. The van der Waals surface area contributed by atoms with Crippen LogP contribution in [-0.4, -0.2) is 26.6 Å². The molecule has 4 aromatic rings. The average molecular weight is 549 g/mol. The van der Waals surface area contributed by atoms with E-state index < -0.39 is 23.7 Å². The number of alkyl halides is 3. The van der Waals surface area contributed by atoms with Gasteiger partial charge in [0.2, 0.25) is 0 Å². The Bertz CT molecular complexity index is 1620. The van der Waals surface area contributed by atoms with Gasteiger partial charge in [-0.3, -0.25) is 9.59 Å². The van der Waals surface area contributed by atoms with Gasteiger partial charge in [-0.25, -0.2) is 9.67 Å². The fraction of sp³-hybridized carbons (Fsp3) is 0.241. The van der Waals surface area contributed by atoms with Crippen molar-refractivity contribution in [3.05, 3.63) is 88.6 Å². The van der Waals surface area contributed by atoms with Crippen LogP contribution >= 0.6 is 0 Å². The number of aromatic nitrogens is 3. The minimum Gasteiger partial charge on any atom is -0.365 e. The number of anilines is 3. The molecule has 1 aliphatic heterocycles. The monoisotopic (exact) mass is 548 g/mol. The molecule has 8 nitrogen and oxygen atoms in total. The van der Waals surface area contributed by atoms with Crippen molar-refractivity contribution < 1.29 is 22.8 Å². The van der Waals surface area contributed by atoms with Gasteiger partial charge in [0.25, 0.3) is 11.8 Å². The molecule has 0 bridgehead atoms. The number of nitrogens with two attached hydrogens (primary N) is 1. The summed E-state index contributed by atoms with van der Waals surface area (Å²) in [5.74, 6) is -1.03. The van der Waals surface area contributed by atoms with Crippen molar-refractivity contribution in [2.24, 2.45) is 5.73 Å². The molecule has 11 heteroatoms. The molecular weight excluding hydrogens is 521 g/mol. The number of pyridine rings is 1. The van der Waals surface area contributed by atoms with Crippen molar-refractivity contribution in [3.8, 4) is 11.3 Å². The first kappa shape index (κ1) is 26.9. The normalized spacial score (nSPS) is 13.1. The number of carbonyl (C=O) groups is 2. The van der Waals surface area contributed by atoms with Crippen molar-refractivity contribution in [1.29, 1.82) is 0 Å². The van der Waals surface area contributed by atoms with Crippen molar-refractivity contribution in [3.63, 3.8) is 0 Å². The van der Waals surface area contributed by atoms with Crippen LogP contribution in [0.4, 0.5) is 30.5 Å². The van der Waals surface area contributed by atoms with E-state index in [1.807, 2.05) is 6.07 Å². The number of aryl methyl sites for hydroxylation is 2. The Labute approximate surface area is 228 Å². The van der Waals surface area contributed by atoms with Gasteiger partial charge >= 0.3 is 6.18 Å². The minimum atomic E-state index is -4.63. The summed E-state index contributed by atoms with van der Waals surface area (Å²) in [4.78, 5) is 28.7. The quantitative estimate of drug-likeness (QED) is 0.293. The summed E-state index contributed by atoms with van der Waals surface area (Å²) in [5, 5.41) is 10.4. The second-order valence-corrected chi connectivity index (χ2v) is 10.6. The molecule has 4 N–H and O–H groups in total. The van der Waals surface area contributed by atoms with E-state index in [2.05, 4.69) is 53.6 Å².